The lowest BCUT2D eigenvalue weighted by molar-refractivity contribution is -0.143. The number of aromatic nitrogens is 1. The lowest BCUT2D eigenvalue weighted by Crippen LogP contribution is -2.52. The molecule has 2 fully saturated rings. The van der Waals surface area contributed by atoms with E-state index < -0.39 is 12.0 Å². The van der Waals surface area contributed by atoms with Crippen LogP contribution in [0.4, 0.5) is 5.82 Å². The zero-order chi connectivity index (χ0) is 25.6. The molecule has 0 aliphatic carbocycles. The monoisotopic (exact) mass is 505 g/mol. The van der Waals surface area contributed by atoms with Gasteiger partial charge in [0.05, 0.1) is 6.04 Å². The molecule has 2 atom stereocenters. The smallest absolute Gasteiger partial charge is 0.326 e. The molecule has 1 aromatic heterocycles. The van der Waals surface area contributed by atoms with Gasteiger partial charge in [0.1, 0.15) is 11.9 Å². The van der Waals surface area contributed by atoms with Crippen molar-refractivity contribution in [3.63, 3.8) is 0 Å². The van der Waals surface area contributed by atoms with E-state index in [2.05, 4.69) is 44.7 Å². The van der Waals surface area contributed by atoms with Gasteiger partial charge < -0.3 is 20.6 Å². The van der Waals surface area contributed by atoms with E-state index in [1.165, 1.54) is 17.5 Å². The number of pyridine rings is 1. The van der Waals surface area contributed by atoms with Crippen LogP contribution in [0, 0.1) is 5.92 Å². The number of rotatable bonds is 11. The molecule has 3 aliphatic heterocycles. The van der Waals surface area contributed by atoms with Gasteiger partial charge in [-0.1, -0.05) is 36.4 Å². The number of carbonyl (C=O) groups is 2. The Balaban J connectivity index is 1.03. The third-order valence-electron chi connectivity index (χ3n) is 8.04. The average molecular weight is 506 g/mol. The Hall–Kier alpha value is -2.97. The summed E-state index contributed by atoms with van der Waals surface area (Å²) >= 11 is 0. The predicted molar refractivity (Wildman–Crippen MR) is 143 cm³/mol. The largest absolute Gasteiger partial charge is 0.480 e. The Morgan fingerprint density at radius 1 is 1.14 bits per heavy atom. The van der Waals surface area contributed by atoms with E-state index in [1.807, 2.05) is 18.2 Å². The van der Waals surface area contributed by atoms with E-state index in [-0.39, 0.29) is 11.9 Å². The molecule has 3 aliphatic rings. The van der Waals surface area contributed by atoms with Crippen molar-refractivity contribution >= 4 is 17.7 Å². The van der Waals surface area contributed by atoms with Crippen molar-refractivity contribution in [3.05, 3.63) is 59.3 Å². The second-order valence-corrected chi connectivity index (χ2v) is 10.8. The highest BCUT2D eigenvalue weighted by atomic mass is 16.4. The minimum Gasteiger partial charge on any atom is -0.480 e. The van der Waals surface area contributed by atoms with Gasteiger partial charge in [-0.05, 0) is 74.6 Å². The third kappa shape index (κ3) is 6.67. The third-order valence-corrected chi connectivity index (χ3v) is 8.04. The molecule has 8 heteroatoms. The summed E-state index contributed by atoms with van der Waals surface area (Å²) in [6, 6.07) is 13.4. The van der Waals surface area contributed by atoms with Gasteiger partial charge in [-0.25, -0.2) is 9.78 Å². The number of fused-ring (bicyclic) bond motifs is 1. The van der Waals surface area contributed by atoms with Gasteiger partial charge in [0.2, 0.25) is 5.91 Å². The van der Waals surface area contributed by atoms with Crippen molar-refractivity contribution in [1.82, 2.24) is 20.1 Å². The van der Waals surface area contributed by atoms with Crippen molar-refractivity contribution in [2.24, 2.45) is 5.92 Å². The van der Waals surface area contributed by atoms with E-state index in [9.17, 15) is 14.7 Å². The molecule has 0 spiro atoms. The Morgan fingerprint density at radius 3 is 2.78 bits per heavy atom. The van der Waals surface area contributed by atoms with E-state index in [1.54, 1.807) is 0 Å². The number of carboxylic acids is 1. The van der Waals surface area contributed by atoms with Crippen molar-refractivity contribution in [2.75, 3.05) is 38.0 Å². The fourth-order valence-corrected chi connectivity index (χ4v) is 5.87. The lowest BCUT2D eigenvalue weighted by Gasteiger charge is -2.40. The quantitative estimate of drug-likeness (QED) is 0.432. The molecule has 5 rings (SSSR count). The first-order valence-corrected chi connectivity index (χ1v) is 13.8. The second-order valence-electron chi connectivity index (χ2n) is 10.8. The topological polar surface area (TPSA) is 97.8 Å². The van der Waals surface area contributed by atoms with Crippen LogP contribution in [0.2, 0.25) is 0 Å². The highest BCUT2D eigenvalue weighted by Gasteiger charge is 2.34. The number of hydrogen-bond donors (Lipinski definition) is 3. The molecule has 1 aromatic carbocycles. The maximum absolute atomic E-state index is 13.0. The number of anilines is 1. The minimum atomic E-state index is -0.954. The normalized spacial score (nSPS) is 21.0. The first-order valence-electron chi connectivity index (χ1n) is 13.8. The van der Waals surface area contributed by atoms with Crippen LogP contribution in [-0.2, 0) is 29.0 Å². The van der Waals surface area contributed by atoms with E-state index in [4.69, 9.17) is 4.98 Å². The van der Waals surface area contributed by atoms with Gasteiger partial charge in [-0.3, -0.25) is 9.69 Å². The summed E-state index contributed by atoms with van der Waals surface area (Å²) < 4.78 is 0. The van der Waals surface area contributed by atoms with Gasteiger partial charge in [-0.15, -0.1) is 0 Å². The van der Waals surface area contributed by atoms with Gasteiger partial charge in [0.25, 0.3) is 0 Å². The summed E-state index contributed by atoms with van der Waals surface area (Å²) in [5.74, 6) is 0.565. The Labute approximate surface area is 219 Å². The van der Waals surface area contributed by atoms with E-state index >= 15 is 0 Å². The summed E-state index contributed by atoms with van der Waals surface area (Å²) in [6.45, 7) is 5.23. The summed E-state index contributed by atoms with van der Waals surface area (Å²) in [4.78, 5) is 34.2. The molecule has 198 valence electrons. The summed E-state index contributed by atoms with van der Waals surface area (Å²) in [7, 11) is 0. The number of aryl methyl sites for hydroxylation is 2. The molecule has 0 saturated carbocycles. The molecular formula is C29H39N5O3. The van der Waals surface area contributed by atoms with Gasteiger partial charge >= 0.3 is 5.97 Å². The van der Waals surface area contributed by atoms with Crippen molar-refractivity contribution in [2.45, 2.75) is 63.6 Å². The van der Waals surface area contributed by atoms with Crippen LogP contribution >= 0.6 is 0 Å². The van der Waals surface area contributed by atoms with Crippen molar-refractivity contribution in [1.29, 1.82) is 0 Å². The van der Waals surface area contributed by atoms with Crippen molar-refractivity contribution < 1.29 is 14.7 Å². The predicted octanol–water partition coefficient (Wildman–Crippen LogP) is 2.93. The summed E-state index contributed by atoms with van der Waals surface area (Å²) in [5.41, 5.74) is 3.64. The molecule has 3 N–H and O–H groups in total. The number of amides is 1. The number of nitrogens with one attached hydrogen (secondary N) is 2. The molecule has 2 saturated heterocycles. The van der Waals surface area contributed by atoms with Crippen LogP contribution in [0.3, 0.4) is 0 Å². The average Bonchev–Trinajstić information content (AvgIpc) is 3.35. The maximum Gasteiger partial charge on any atom is 0.326 e. The number of aliphatic carboxylic acids is 1. The first kappa shape index (κ1) is 25.7. The van der Waals surface area contributed by atoms with Crippen LogP contribution in [0.15, 0.2) is 42.5 Å². The fraction of sp³-hybridized carbons (Fsp3) is 0.552. The Bertz CT molecular complexity index is 1070. The maximum atomic E-state index is 13.0. The summed E-state index contributed by atoms with van der Waals surface area (Å²) in [6.07, 6.45) is 6.51. The van der Waals surface area contributed by atoms with Crippen LogP contribution in [0.25, 0.3) is 0 Å². The summed E-state index contributed by atoms with van der Waals surface area (Å²) in [5, 5.41) is 16.0. The number of nitrogens with zero attached hydrogens (tertiary/aromatic N) is 3. The standard InChI is InChI=1S/C29H39N5O3/c35-28(26-9-5-16-34(26)20-21-6-2-1-3-7-21)32-25(29(36)37)14-17-33-18-22(19-33)10-12-24-13-11-23-8-4-15-30-27(23)31-24/h1-3,6-7,11,13,22,25-26H,4-5,8-10,12,14-20H2,(H,30,31)(H,32,35)(H,36,37)/t25-,26?/m0/s1. The molecule has 0 radical (unpaired) electrons. The molecule has 0 bridgehead atoms. The zero-order valence-electron chi connectivity index (χ0n) is 21.6. The number of carbonyl (C=O) groups excluding carboxylic acids is 1. The van der Waals surface area contributed by atoms with E-state index in [0.29, 0.717) is 25.4 Å². The molecule has 1 amide bonds. The van der Waals surface area contributed by atoms with Crippen LogP contribution < -0.4 is 10.6 Å². The Kier molecular flexibility index (Phi) is 8.36. The number of carboxylic acid groups (broad SMARTS) is 1. The molecule has 8 nitrogen and oxygen atoms in total. The van der Waals surface area contributed by atoms with Gasteiger partial charge in [0.15, 0.2) is 0 Å². The molecule has 37 heavy (non-hydrogen) atoms. The Morgan fingerprint density at radius 2 is 1.97 bits per heavy atom. The lowest BCUT2D eigenvalue weighted by atomic mass is 9.93. The number of benzene rings is 1. The second kappa shape index (κ2) is 12.0. The van der Waals surface area contributed by atoms with E-state index in [0.717, 1.165) is 69.8 Å². The zero-order valence-corrected chi connectivity index (χ0v) is 21.6. The number of hydrogen-bond acceptors (Lipinski definition) is 6. The first-order chi connectivity index (χ1) is 18.0. The van der Waals surface area contributed by atoms with Gasteiger partial charge in [-0.2, -0.15) is 0 Å². The highest BCUT2D eigenvalue weighted by Crippen LogP contribution is 2.24. The van der Waals surface area contributed by atoms with Crippen molar-refractivity contribution in [3.8, 4) is 0 Å². The van der Waals surface area contributed by atoms with Crippen LogP contribution in [-0.4, -0.2) is 76.6 Å². The minimum absolute atomic E-state index is 0.158. The van der Waals surface area contributed by atoms with Crippen LogP contribution in [0.1, 0.15) is 48.9 Å². The SMILES string of the molecule is O=C(N[C@@H](CCN1CC(CCc2ccc3c(n2)NCCC3)C1)C(=O)O)C1CCCN1Cc1ccccc1. The molecule has 1 unspecified atom stereocenters. The molecular weight excluding hydrogens is 466 g/mol. The fourth-order valence-electron chi connectivity index (χ4n) is 5.87. The number of likely N-dealkylation sites (tertiary alicyclic amines) is 2. The molecule has 2 aromatic rings. The van der Waals surface area contributed by atoms with Gasteiger partial charge in [0, 0.05) is 38.4 Å². The molecule has 4 heterocycles. The van der Waals surface area contributed by atoms with Crippen LogP contribution in [0.5, 0.6) is 0 Å². The highest BCUT2D eigenvalue weighted by molar-refractivity contribution is 5.87.